The van der Waals surface area contributed by atoms with Crippen molar-refractivity contribution >= 4 is 23.4 Å². The van der Waals surface area contributed by atoms with Crippen LogP contribution >= 0.6 is 11.8 Å². The van der Waals surface area contributed by atoms with Gasteiger partial charge in [0.1, 0.15) is 5.03 Å². The molecule has 30 heavy (non-hydrogen) atoms. The summed E-state index contributed by atoms with van der Waals surface area (Å²) in [4.78, 5) is 9.12. The van der Waals surface area contributed by atoms with Crippen LogP contribution in [0.2, 0.25) is 0 Å². The van der Waals surface area contributed by atoms with Crippen LogP contribution in [0.1, 0.15) is 16.8 Å². The topological polar surface area (TPSA) is 79.4 Å². The molecule has 0 atom stereocenters. The summed E-state index contributed by atoms with van der Waals surface area (Å²) < 4.78 is 1.95. The number of aromatic nitrogens is 4. The van der Waals surface area contributed by atoms with Crippen LogP contribution in [0.3, 0.4) is 0 Å². The molecule has 0 radical (unpaired) electrons. The molecule has 2 aromatic carbocycles. The van der Waals surface area contributed by atoms with Gasteiger partial charge in [-0.05, 0) is 62.1 Å². The minimum absolute atomic E-state index is 0.499. The highest BCUT2D eigenvalue weighted by atomic mass is 32.2. The molecular weight excluding hydrogens is 392 g/mol. The number of nitrogens with zero attached hydrogens (tertiary/aromatic N) is 5. The van der Waals surface area contributed by atoms with Crippen LogP contribution in [0.25, 0.3) is 16.9 Å². The maximum atomic E-state index is 9.06. The van der Waals surface area contributed by atoms with Crippen LogP contribution in [0.5, 0.6) is 0 Å². The van der Waals surface area contributed by atoms with Crippen LogP contribution in [0.4, 0.5) is 11.6 Å². The summed E-state index contributed by atoms with van der Waals surface area (Å²) in [7, 11) is 0. The van der Waals surface area contributed by atoms with E-state index in [1.54, 1.807) is 24.0 Å². The van der Waals surface area contributed by atoms with Gasteiger partial charge in [-0.15, -0.1) is 11.8 Å². The lowest BCUT2D eigenvalue weighted by atomic mass is 10.1. The zero-order chi connectivity index (χ0) is 21.1. The van der Waals surface area contributed by atoms with E-state index < -0.39 is 0 Å². The maximum absolute atomic E-state index is 9.06. The Labute approximate surface area is 179 Å². The van der Waals surface area contributed by atoms with Gasteiger partial charge in [-0.25, -0.2) is 14.6 Å². The monoisotopic (exact) mass is 412 g/mol. The predicted molar refractivity (Wildman–Crippen MR) is 120 cm³/mol. The Kier molecular flexibility index (Phi) is 5.50. The Morgan fingerprint density at radius 2 is 1.87 bits per heavy atom. The summed E-state index contributed by atoms with van der Waals surface area (Å²) in [6.07, 6.45) is 3.76. The molecule has 6 nitrogen and oxygen atoms in total. The second-order valence-corrected chi connectivity index (χ2v) is 7.54. The Bertz CT molecular complexity index is 1240. The molecule has 7 heteroatoms. The highest BCUT2D eigenvalue weighted by Crippen LogP contribution is 2.33. The first kappa shape index (κ1) is 19.7. The lowest BCUT2D eigenvalue weighted by Crippen LogP contribution is -2.01. The van der Waals surface area contributed by atoms with Crippen molar-refractivity contribution < 1.29 is 0 Å². The molecule has 4 rings (SSSR count). The van der Waals surface area contributed by atoms with E-state index in [-0.39, 0.29) is 0 Å². The lowest BCUT2D eigenvalue weighted by Gasteiger charge is -2.10. The van der Waals surface area contributed by atoms with E-state index in [0.717, 1.165) is 38.9 Å². The first-order valence-corrected chi connectivity index (χ1v) is 10.6. The molecule has 0 bridgehead atoms. The third-order valence-corrected chi connectivity index (χ3v) is 5.46. The van der Waals surface area contributed by atoms with Gasteiger partial charge >= 0.3 is 0 Å². The van der Waals surface area contributed by atoms with Crippen LogP contribution in [-0.2, 0) is 0 Å². The van der Waals surface area contributed by atoms with Crippen molar-refractivity contribution in [1.29, 1.82) is 5.26 Å². The molecule has 2 aromatic heterocycles. The van der Waals surface area contributed by atoms with Gasteiger partial charge in [0.2, 0.25) is 5.95 Å². The average Bonchev–Trinajstić information content (AvgIpc) is 3.12. The Hall–Kier alpha value is -3.63. The Morgan fingerprint density at radius 1 is 1.07 bits per heavy atom. The van der Waals surface area contributed by atoms with E-state index in [2.05, 4.69) is 23.3 Å². The van der Waals surface area contributed by atoms with Gasteiger partial charge in [0.15, 0.2) is 0 Å². The van der Waals surface area contributed by atoms with Gasteiger partial charge in [0.05, 0.1) is 34.3 Å². The molecule has 4 aromatic rings. The number of benzene rings is 2. The number of nitrogens with one attached hydrogen (secondary N) is 1. The van der Waals surface area contributed by atoms with Gasteiger partial charge in [-0.2, -0.15) is 10.4 Å². The molecule has 2 heterocycles. The fraction of sp³-hybridized carbons (Fsp3) is 0.130. The van der Waals surface area contributed by atoms with Crippen LogP contribution in [0, 0.1) is 25.2 Å². The second-order valence-electron chi connectivity index (χ2n) is 6.75. The van der Waals surface area contributed by atoms with E-state index in [0.29, 0.717) is 11.5 Å². The zero-order valence-corrected chi connectivity index (χ0v) is 17.7. The first-order chi connectivity index (χ1) is 14.6. The molecule has 0 aliphatic carbocycles. The molecule has 0 aliphatic heterocycles. The molecule has 0 saturated carbocycles. The van der Waals surface area contributed by atoms with Crippen molar-refractivity contribution in [2.75, 3.05) is 11.6 Å². The minimum Gasteiger partial charge on any atom is -0.324 e. The van der Waals surface area contributed by atoms with Crippen LogP contribution < -0.4 is 5.32 Å². The molecule has 0 unspecified atom stereocenters. The molecule has 0 aliphatic rings. The number of aryl methyl sites for hydroxylation is 1. The number of anilines is 2. The summed E-state index contributed by atoms with van der Waals surface area (Å²) in [6.45, 7) is 4.00. The smallest absolute Gasteiger partial charge is 0.227 e. The fourth-order valence-electron chi connectivity index (χ4n) is 3.29. The van der Waals surface area contributed by atoms with Gasteiger partial charge < -0.3 is 5.32 Å². The van der Waals surface area contributed by atoms with Crippen molar-refractivity contribution in [2.45, 2.75) is 18.9 Å². The molecule has 0 saturated heterocycles. The number of hydrogen-bond acceptors (Lipinski definition) is 6. The maximum Gasteiger partial charge on any atom is 0.227 e. The fourth-order valence-corrected chi connectivity index (χ4v) is 3.91. The Morgan fingerprint density at radius 3 is 2.57 bits per heavy atom. The van der Waals surface area contributed by atoms with Gasteiger partial charge in [0.25, 0.3) is 0 Å². The van der Waals surface area contributed by atoms with E-state index >= 15 is 0 Å². The summed E-state index contributed by atoms with van der Waals surface area (Å²) in [5.74, 6) is 0.499. The number of hydrogen-bond donors (Lipinski definition) is 1. The van der Waals surface area contributed by atoms with E-state index in [9.17, 15) is 0 Å². The summed E-state index contributed by atoms with van der Waals surface area (Å²) in [5, 5.41) is 18.0. The number of rotatable bonds is 5. The van der Waals surface area contributed by atoms with Crippen molar-refractivity contribution in [3.8, 4) is 23.0 Å². The Balaban J connectivity index is 1.73. The molecule has 1 N–H and O–H groups in total. The summed E-state index contributed by atoms with van der Waals surface area (Å²) >= 11 is 1.59. The number of nitriles is 1. The van der Waals surface area contributed by atoms with E-state index in [1.807, 2.05) is 66.4 Å². The summed E-state index contributed by atoms with van der Waals surface area (Å²) in [5.41, 5.74) is 6.29. The van der Waals surface area contributed by atoms with Crippen molar-refractivity contribution in [1.82, 2.24) is 19.7 Å². The highest BCUT2D eigenvalue weighted by molar-refractivity contribution is 7.98. The predicted octanol–water partition coefficient (Wildman–Crippen LogP) is 5.28. The third-order valence-electron chi connectivity index (χ3n) is 4.79. The summed E-state index contributed by atoms with van der Waals surface area (Å²) in [6, 6.07) is 19.6. The third kappa shape index (κ3) is 3.78. The van der Waals surface area contributed by atoms with Crippen molar-refractivity contribution in [2.24, 2.45) is 0 Å². The number of thioether (sulfide) groups is 1. The second kappa shape index (κ2) is 8.39. The zero-order valence-electron chi connectivity index (χ0n) is 16.9. The van der Waals surface area contributed by atoms with Crippen molar-refractivity contribution in [3.63, 3.8) is 0 Å². The van der Waals surface area contributed by atoms with Gasteiger partial charge in [-0.3, -0.25) is 0 Å². The van der Waals surface area contributed by atoms with Crippen LogP contribution in [0.15, 0.2) is 65.8 Å². The highest BCUT2D eigenvalue weighted by Gasteiger charge is 2.18. The quantitative estimate of drug-likeness (QED) is 0.449. The molecular formula is C23H20N6S. The SMILES string of the molecule is CSc1nn(-c2ccccc2)c(C)c1-c1ccnc(Nc2ccc(C#N)cc2C)n1. The van der Waals surface area contributed by atoms with Crippen LogP contribution in [-0.4, -0.2) is 26.0 Å². The lowest BCUT2D eigenvalue weighted by molar-refractivity contribution is 0.814. The molecule has 148 valence electrons. The van der Waals surface area contributed by atoms with E-state index in [1.165, 1.54) is 0 Å². The number of para-hydroxylation sites is 1. The first-order valence-electron chi connectivity index (χ1n) is 9.41. The molecule has 0 amide bonds. The normalized spacial score (nSPS) is 10.6. The largest absolute Gasteiger partial charge is 0.324 e. The average molecular weight is 413 g/mol. The van der Waals surface area contributed by atoms with E-state index in [4.69, 9.17) is 15.3 Å². The minimum atomic E-state index is 0.499. The standard InChI is InChI=1S/C23H20N6S/c1-15-13-17(14-24)9-10-19(15)26-23-25-12-11-20(27-23)21-16(2)29(28-22(21)30-3)18-7-5-4-6-8-18/h4-13H,1-3H3,(H,25,26,27). The molecule has 0 spiro atoms. The van der Waals surface area contributed by atoms with Gasteiger partial charge in [-0.1, -0.05) is 18.2 Å². The molecule has 0 fully saturated rings. The van der Waals surface area contributed by atoms with Crippen molar-refractivity contribution in [3.05, 3.63) is 77.6 Å². The van der Waals surface area contributed by atoms with Gasteiger partial charge in [0, 0.05) is 11.9 Å².